The summed E-state index contributed by atoms with van der Waals surface area (Å²) in [5.74, 6) is 0.143. The summed E-state index contributed by atoms with van der Waals surface area (Å²) in [6.45, 7) is 6.82. The maximum absolute atomic E-state index is 11.9. The largest absolute Gasteiger partial charge is 0.391 e. The standard InChI is InChI=1S/C13H22ClN3O2/c1-4-5-6-17-13(19)12(14)10(7-16-17)15-8-11(18)9(2)3/h7,9,11,15,18H,4-6,8H2,1-3H3. The van der Waals surface area contributed by atoms with Gasteiger partial charge in [-0.25, -0.2) is 4.68 Å². The van der Waals surface area contributed by atoms with Crippen molar-refractivity contribution >= 4 is 17.3 Å². The molecule has 0 aliphatic heterocycles. The third-order valence-electron chi connectivity index (χ3n) is 2.98. The van der Waals surface area contributed by atoms with Gasteiger partial charge in [0.05, 0.1) is 18.0 Å². The van der Waals surface area contributed by atoms with Crippen LogP contribution in [0.5, 0.6) is 0 Å². The number of anilines is 1. The van der Waals surface area contributed by atoms with E-state index in [1.807, 2.05) is 13.8 Å². The summed E-state index contributed by atoms with van der Waals surface area (Å²) in [5.41, 5.74) is 0.179. The molecule has 1 rings (SSSR count). The van der Waals surface area contributed by atoms with Crippen molar-refractivity contribution in [2.45, 2.75) is 46.3 Å². The number of hydrogen-bond donors (Lipinski definition) is 2. The number of unbranched alkanes of at least 4 members (excludes halogenated alkanes) is 1. The molecule has 1 aromatic heterocycles. The molecule has 1 aromatic rings. The molecule has 0 fully saturated rings. The Morgan fingerprint density at radius 3 is 2.79 bits per heavy atom. The summed E-state index contributed by atoms with van der Waals surface area (Å²) < 4.78 is 1.37. The van der Waals surface area contributed by atoms with Crippen LogP contribution in [0.2, 0.25) is 5.02 Å². The van der Waals surface area contributed by atoms with E-state index in [0.717, 1.165) is 12.8 Å². The highest BCUT2D eigenvalue weighted by Gasteiger charge is 2.12. The smallest absolute Gasteiger partial charge is 0.287 e. The van der Waals surface area contributed by atoms with E-state index in [0.29, 0.717) is 18.8 Å². The molecule has 19 heavy (non-hydrogen) atoms. The molecule has 5 nitrogen and oxygen atoms in total. The van der Waals surface area contributed by atoms with Gasteiger partial charge in [-0.3, -0.25) is 4.79 Å². The molecule has 1 atom stereocenters. The number of nitrogens with zero attached hydrogens (tertiary/aromatic N) is 2. The monoisotopic (exact) mass is 287 g/mol. The molecule has 0 aromatic carbocycles. The van der Waals surface area contributed by atoms with Gasteiger partial charge < -0.3 is 10.4 Å². The summed E-state index contributed by atoms with van der Waals surface area (Å²) in [4.78, 5) is 11.9. The molecule has 1 heterocycles. The summed E-state index contributed by atoms with van der Waals surface area (Å²) in [6, 6.07) is 0. The lowest BCUT2D eigenvalue weighted by Crippen LogP contribution is -2.28. The number of aromatic nitrogens is 2. The molecule has 0 aliphatic carbocycles. The number of aliphatic hydroxyl groups is 1. The fourth-order valence-electron chi connectivity index (χ4n) is 1.51. The minimum atomic E-state index is -0.487. The van der Waals surface area contributed by atoms with E-state index in [2.05, 4.69) is 17.3 Å². The Morgan fingerprint density at radius 2 is 2.21 bits per heavy atom. The molecular weight excluding hydrogens is 266 g/mol. The van der Waals surface area contributed by atoms with E-state index in [9.17, 15) is 9.90 Å². The van der Waals surface area contributed by atoms with Gasteiger partial charge in [0.2, 0.25) is 0 Å². The number of halogens is 1. The quantitative estimate of drug-likeness (QED) is 0.806. The van der Waals surface area contributed by atoms with Gasteiger partial charge in [0.15, 0.2) is 0 Å². The molecule has 6 heteroatoms. The molecule has 1 unspecified atom stereocenters. The zero-order chi connectivity index (χ0) is 14.4. The Kier molecular flexibility index (Phi) is 6.31. The van der Waals surface area contributed by atoms with Crippen molar-refractivity contribution in [2.24, 2.45) is 5.92 Å². The highest BCUT2D eigenvalue weighted by atomic mass is 35.5. The topological polar surface area (TPSA) is 67.2 Å². The van der Waals surface area contributed by atoms with Crippen LogP contribution in [0.3, 0.4) is 0 Å². The molecule has 2 N–H and O–H groups in total. The minimum Gasteiger partial charge on any atom is -0.391 e. The average Bonchev–Trinajstić information content (AvgIpc) is 2.38. The summed E-state index contributed by atoms with van der Waals surface area (Å²) in [6.07, 6.45) is 2.93. The van der Waals surface area contributed by atoms with Crippen LogP contribution in [0.15, 0.2) is 11.0 Å². The number of nitrogens with one attached hydrogen (secondary N) is 1. The van der Waals surface area contributed by atoms with Crippen LogP contribution < -0.4 is 10.9 Å². The van der Waals surface area contributed by atoms with E-state index in [-0.39, 0.29) is 16.5 Å². The molecule has 0 saturated carbocycles. The van der Waals surface area contributed by atoms with Gasteiger partial charge in [0, 0.05) is 13.1 Å². The molecule has 0 radical (unpaired) electrons. The Morgan fingerprint density at radius 1 is 1.53 bits per heavy atom. The molecule has 0 bridgehead atoms. The summed E-state index contributed by atoms with van der Waals surface area (Å²) in [5, 5.41) is 16.9. The van der Waals surface area contributed by atoms with Gasteiger partial charge in [-0.2, -0.15) is 5.10 Å². The lowest BCUT2D eigenvalue weighted by molar-refractivity contribution is 0.138. The second-order valence-corrected chi connectivity index (χ2v) is 5.32. The van der Waals surface area contributed by atoms with Crippen LogP contribution >= 0.6 is 11.6 Å². The van der Waals surface area contributed by atoms with Gasteiger partial charge >= 0.3 is 0 Å². The first-order valence-electron chi connectivity index (χ1n) is 6.64. The van der Waals surface area contributed by atoms with Crippen LogP contribution in [0.25, 0.3) is 0 Å². The first-order valence-corrected chi connectivity index (χ1v) is 7.02. The highest BCUT2D eigenvalue weighted by Crippen LogP contribution is 2.16. The van der Waals surface area contributed by atoms with Gasteiger partial charge in [-0.1, -0.05) is 38.8 Å². The zero-order valence-electron chi connectivity index (χ0n) is 11.7. The van der Waals surface area contributed by atoms with Gasteiger partial charge in [0.25, 0.3) is 5.56 Å². The normalized spacial score (nSPS) is 12.7. The minimum absolute atomic E-state index is 0.127. The summed E-state index contributed by atoms with van der Waals surface area (Å²) >= 11 is 6.02. The molecule has 0 amide bonds. The number of aliphatic hydroxyl groups excluding tert-OH is 1. The zero-order valence-corrected chi connectivity index (χ0v) is 12.4. The highest BCUT2D eigenvalue weighted by molar-refractivity contribution is 6.32. The fraction of sp³-hybridized carbons (Fsp3) is 0.692. The van der Waals surface area contributed by atoms with Crippen molar-refractivity contribution in [3.63, 3.8) is 0 Å². The van der Waals surface area contributed by atoms with E-state index in [1.54, 1.807) is 0 Å². The molecule has 0 spiro atoms. The molecule has 0 aliphatic rings. The van der Waals surface area contributed by atoms with E-state index >= 15 is 0 Å². The van der Waals surface area contributed by atoms with Gasteiger partial charge in [-0.05, 0) is 12.3 Å². The van der Waals surface area contributed by atoms with E-state index < -0.39 is 6.10 Å². The first-order chi connectivity index (χ1) is 8.97. The van der Waals surface area contributed by atoms with Crippen molar-refractivity contribution in [3.8, 4) is 0 Å². The van der Waals surface area contributed by atoms with Gasteiger partial charge in [0.1, 0.15) is 5.02 Å². The van der Waals surface area contributed by atoms with Crippen molar-refractivity contribution in [3.05, 3.63) is 21.6 Å². The average molecular weight is 288 g/mol. The maximum atomic E-state index is 11.9. The van der Waals surface area contributed by atoms with Crippen molar-refractivity contribution in [2.75, 3.05) is 11.9 Å². The maximum Gasteiger partial charge on any atom is 0.287 e. The van der Waals surface area contributed by atoms with Crippen molar-refractivity contribution < 1.29 is 5.11 Å². The van der Waals surface area contributed by atoms with Crippen LogP contribution in [-0.2, 0) is 6.54 Å². The van der Waals surface area contributed by atoms with Crippen LogP contribution in [-0.4, -0.2) is 27.5 Å². The lowest BCUT2D eigenvalue weighted by atomic mass is 10.1. The molecular formula is C13H22ClN3O2. The van der Waals surface area contributed by atoms with Gasteiger partial charge in [-0.15, -0.1) is 0 Å². The first kappa shape index (κ1) is 16.0. The SMILES string of the molecule is CCCCn1ncc(NCC(O)C(C)C)c(Cl)c1=O. The van der Waals surface area contributed by atoms with E-state index in [4.69, 9.17) is 11.6 Å². The Hall–Kier alpha value is -1.07. The van der Waals surface area contributed by atoms with Crippen LogP contribution in [0.4, 0.5) is 5.69 Å². The van der Waals surface area contributed by atoms with E-state index in [1.165, 1.54) is 10.9 Å². The molecule has 0 saturated heterocycles. The summed E-state index contributed by atoms with van der Waals surface area (Å²) in [7, 11) is 0. The number of hydrogen-bond acceptors (Lipinski definition) is 4. The van der Waals surface area contributed by atoms with Crippen molar-refractivity contribution in [1.82, 2.24) is 9.78 Å². The molecule has 108 valence electrons. The third-order valence-corrected chi connectivity index (χ3v) is 3.34. The van der Waals surface area contributed by atoms with Crippen molar-refractivity contribution in [1.29, 1.82) is 0 Å². The Balaban J connectivity index is 2.76. The van der Waals surface area contributed by atoms with Crippen LogP contribution in [0, 0.1) is 5.92 Å². The van der Waals surface area contributed by atoms with Crippen LogP contribution in [0.1, 0.15) is 33.6 Å². The predicted octanol–water partition coefficient (Wildman–Crippen LogP) is 2.13. The Bertz CT molecular complexity index is 460. The Labute approximate surface area is 118 Å². The number of aryl methyl sites for hydroxylation is 1. The second-order valence-electron chi connectivity index (χ2n) is 4.95. The fourth-order valence-corrected chi connectivity index (χ4v) is 1.72. The number of rotatable bonds is 7. The lowest BCUT2D eigenvalue weighted by Gasteiger charge is -2.16. The third kappa shape index (κ3) is 4.51. The predicted molar refractivity (Wildman–Crippen MR) is 77.7 cm³/mol. The second kappa shape index (κ2) is 7.50.